The van der Waals surface area contributed by atoms with E-state index in [1.807, 2.05) is 78.9 Å². The van der Waals surface area contributed by atoms with E-state index in [-0.39, 0.29) is 12.3 Å². The normalized spacial score (nSPS) is 25.6. The molecule has 0 aliphatic carbocycles. The number of para-hydroxylation sites is 4. The van der Waals surface area contributed by atoms with Gasteiger partial charge in [-0.05, 0) is 22.9 Å². The van der Waals surface area contributed by atoms with Gasteiger partial charge in [0, 0.05) is 29.8 Å². The zero-order valence-electron chi connectivity index (χ0n) is 17.0. The highest BCUT2D eigenvalue weighted by atomic mass is 16.7. The van der Waals surface area contributed by atoms with Crippen molar-refractivity contribution < 1.29 is 19.4 Å². The van der Waals surface area contributed by atoms with E-state index in [1.54, 1.807) is 4.70 Å². The summed E-state index contributed by atoms with van der Waals surface area (Å²) in [4.78, 5) is 23.6. The van der Waals surface area contributed by atoms with Gasteiger partial charge in [0.25, 0.3) is 11.9 Å². The zero-order valence-corrected chi connectivity index (χ0v) is 17.0. The molecule has 3 unspecified atom stereocenters. The summed E-state index contributed by atoms with van der Waals surface area (Å²) in [5, 5.41) is 21.3. The van der Waals surface area contributed by atoms with Gasteiger partial charge in [-0.2, -0.15) is 0 Å². The maximum absolute atomic E-state index is 13.4. The molecule has 0 aromatic heterocycles. The first-order chi connectivity index (χ1) is 15.7. The van der Waals surface area contributed by atoms with Crippen LogP contribution in [0.1, 0.15) is 12.0 Å². The van der Waals surface area contributed by atoms with Gasteiger partial charge in [-0.15, -0.1) is 0 Å². The summed E-state index contributed by atoms with van der Waals surface area (Å²) in [6.45, 7) is 0. The molecular weight excluding hydrogens is 406 g/mol. The lowest BCUT2D eigenvalue weighted by Gasteiger charge is -2.29. The van der Waals surface area contributed by atoms with E-state index in [0.29, 0.717) is 11.4 Å². The molecule has 6 rings (SSSR count). The van der Waals surface area contributed by atoms with Gasteiger partial charge in [0.1, 0.15) is 0 Å². The van der Waals surface area contributed by atoms with Crippen LogP contribution >= 0.6 is 0 Å². The summed E-state index contributed by atoms with van der Waals surface area (Å²) >= 11 is 0. The molecule has 3 heterocycles. The fourth-order valence-electron chi connectivity index (χ4n) is 4.63. The van der Waals surface area contributed by atoms with E-state index >= 15 is 0 Å². The molecule has 0 radical (unpaired) electrons. The van der Waals surface area contributed by atoms with Gasteiger partial charge < -0.3 is 20.6 Å². The number of carbonyl (C=O) groups excluding carboxylic acids is 1. The van der Waals surface area contributed by atoms with E-state index in [2.05, 4.69) is 15.9 Å². The molecule has 3 aliphatic heterocycles. The van der Waals surface area contributed by atoms with Crippen molar-refractivity contribution in [2.45, 2.75) is 24.3 Å². The van der Waals surface area contributed by atoms with Gasteiger partial charge in [-0.25, -0.2) is 4.99 Å². The molecule has 1 spiro atoms. The van der Waals surface area contributed by atoms with Crippen molar-refractivity contribution in [1.29, 1.82) is 0 Å². The molecule has 3 aromatic carbocycles. The lowest BCUT2D eigenvalue weighted by molar-refractivity contribution is -0.529. The van der Waals surface area contributed by atoms with Crippen molar-refractivity contribution in [2.75, 3.05) is 10.6 Å². The monoisotopic (exact) mass is 426 g/mol. The van der Waals surface area contributed by atoms with Crippen LogP contribution < -0.4 is 10.6 Å². The predicted octanol–water partition coefficient (Wildman–Crippen LogP) is 3.85. The minimum atomic E-state index is -1.23. The van der Waals surface area contributed by atoms with Gasteiger partial charge >= 0.3 is 6.29 Å². The minimum Gasteiger partial charge on any atom is -0.365 e. The molecule has 158 valence electrons. The number of anilines is 2. The largest absolute Gasteiger partial charge is 0.365 e. The van der Waals surface area contributed by atoms with Crippen LogP contribution in [-0.2, 0) is 15.2 Å². The van der Waals surface area contributed by atoms with E-state index in [9.17, 15) is 9.90 Å². The van der Waals surface area contributed by atoms with Crippen LogP contribution in [0, 0.1) is 0 Å². The third-order valence-corrected chi connectivity index (χ3v) is 6.12. The topological polar surface area (TPSA) is 98.3 Å². The Kier molecular flexibility index (Phi) is 4.09. The number of hydrogen-bond donors (Lipinski definition) is 3. The maximum Gasteiger partial charge on any atom is 0.301 e. The average Bonchev–Trinajstić information content (AvgIpc) is 3.26. The lowest BCUT2D eigenvalue weighted by Crippen LogP contribution is -2.47. The highest BCUT2D eigenvalue weighted by molar-refractivity contribution is 6.12. The fraction of sp³-hybridized carbons (Fsp3) is 0.167. The number of nitrogens with one attached hydrogen (secondary N) is 2. The standard InChI is InChI=1S/C24H19N5O3/c30-22-21(29(28-32-22)15-8-2-1-3-9-15)20-14-24(27-19-13-7-6-12-18(19)25-20)16-10-4-5-11-17(16)26-23(24)31/h1-13,21-22,27,30H,14H2/p+1. The summed E-state index contributed by atoms with van der Waals surface area (Å²) in [5.74, 6) is -0.167. The van der Waals surface area contributed by atoms with Gasteiger partial charge in [-0.1, -0.05) is 48.5 Å². The lowest BCUT2D eigenvalue weighted by atomic mass is 9.84. The number of amides is 1. The number of hydrogen-bond acceptors (Lipinski definition) is 6. The number of rotatable bonds is 2. The Balaban J connectivity index is 1.53. The van der Waals surface area contributed by atoms with E-state index < -0.39 is 17.9 Å². The first kappa shape index (κ1) is 18.7. The molecule has 3 aromatic rings. The third-order valence-electron chi connectivity index (χ3n) is 6.12. The van der Waals surface area contributed by atoms with E-state index in [1.165, 1.54) is 0 Å². The highest BCUT2D eigenvalue weighted by Gasteiger charge is 2.54. The van der Waals surface area contributed by atoms with Crippen molar-refractivity contribution in [3.63, 3.8) is 0 Å². The second-order valence-corrected chi connectivity index (χ2v) is 8.03. The summed E-state index contributed by atoms with van der Waals surface area (Å²) in [7, 11) is 0. The Hall–Kier alpha value is -4.04. The number of fused-ring (bicyclic) bond motifs is 3. The number of benzene rings is 3. The highest BCUT2D eigenvalue weighted by Crippen LogP contribution is 2.46. The second-order valence-electron chi connectivity index (χ2n) is 8.03. The van der Waals surface area contributed by atoms with Crippen molar-refractivity contribution >= 4 is 34.4 Å². The van der Waals surface area contributed by atoms with E-state index in [0.717, 1.165) is 22.6 Å². The predicted molar refractivity (Wildman–Crippen MR) is 118 cm³/mol. The van der Waals surface area contributed by atoms with Crippen LogP contribution in [-0.4, -0.2) is 33.8 Å². The molecular formula is C24H20N5O3+. The van der Waals surface area contributed by atoms with Gasteiger partial charge in [0.15, 0.2) is 10.8 Å². The van der Waals surface area contributed by atoms with Crippen LogP contribution in [0.15, 0.2) is 89.1 Å². The van der Waals surface area contributed by atoms with Crippen molar-refractivity contribution in [3.8, 4) is 0 Å². The average molecular weight is 426 g/mol. The Morgan fingerprint density at radius 3 is 2.53 bits per heavy atom. The minimum absolute atomic E-state index is 0.167. The SMILES string of the molecule is O=C1Nc2ccccc2C12CC(C1C(O)ON=[N+]1c1ccccc1)=Nc1ccccc1N2. The smallest absolute Gasteiger partial charge is 0.301 e. The van der Waals surface area contributed by atoms with Gasteiger partial charge in [-0.3, -0.25) is 4.79 Å². The molecule has 8 heteroatoms. The van der Waals surface area contributed by atoms with Crippen molar-refractivity contribution in [1.82, 2.24) is 0 Å². The molecule has 0 fully saturated rings. The molecule has 8 nitrogen and oxygen atoms in total. The first-order valence-corrected chi connectivity index (χ1v) is 10.4. The fourth-order valence-corrected chi connectivity index (χ4v) is 4.63. The third kappa shape index (κ3) is 2.73. The Morgan fingerprint density at radius 1 is 0.969 bits per heavy atom. The van der Waals surface area contributed by atoms with Gasteiger partial charge in [0.05, 0.1) is 17.1 Å². The van der Waals surface area contributed by atoms with Crippen LogP contribution in [0.4, 0.5) is 22.7 Å². The van der Waals surface area contributed by atoms with Crippen LogP contribution in [0.5, 0.6) is 0 Å². The molecule has 32 heavy (non-hydrogen) atoms. The zero-order chi connectivity index (χ0) is 21.7. The van der Waals surface area contributed by atoms with Crippen LogP contribution in [0.25, 0.3) is 0 Å². The molecule has 0 saturated carbocycles. The Morgan fingerprint density at radius 2 is 1.69 bits per heavy atom. The summed E-state index contributed by atoms with van der Waals surface area (Å²) < 4.78 is 1.61. The van der Waals surface area contributed by atoms with Crippen LogP contribution in [0.3, 0.4) is 0 Å². The summed E-state index contributed by atoms with van der Waals surface area (Å²) in [6.07, 6.45) is -0.995. The Labute approximate surface area is 183 Å². The molecule has 0 bridgehead atoms. The number of nitrogens with zero attached hydrogens (tertiary/aromatic N) is 3. The quantitative estimate of drug-likeness (QED) is 0.542. The van der Waals surface area contributed by atoms with E-state index in [4.69, 9.17) is 9.83 Å². The van der Waals surface area contributed by atoms with Crippen molar-refractivity contribution in [2.24, 2.45) is 10.3 Å². The van der Waals surface area contributed by atoms with Gasteiger partial charge in [0.2, 0.25) is 5.69 Å². The second kappa shape index (κ2) is 7.00. The van der Waals surface area contributed by atoms with Crippen LogP contribution in [0.2, 0.25) is 0 Å². The molecule has 0 saturated heterocycles. The first-order valence-electron chi connectivity index (χ1n) is 10.4. The molecule has 3 aliphatic rings. The number of aliphatic hydroxyl groups excluding tert-OH is 1. The molecule has 1 amide bonds. The summed E-state index contributed by atoms with van der Waals surface area (Å²) in [5.41, 5.74) is 3.30. The number of aliphatic hydroxyl groups is 1. The maximum atomic E-state index is 13.4. The van der Waals surface area contributed by atoms with Crippen molar-refractivity contribution in [3.05, 3.63) is 84.4 Å². The molecule has 3 N–H and O–H groups in total. The Bertz CT molecular complexity index is 1290. The summed E-state index contributed by atoms with van der Waals surface area (Å²) in [6, 6.07) is 24.0. The number of aliphatic imine (C=N–C) groups is 1. The molecule has 3 atom stereocenters. The number of carbonyl (C=O) groups is 1.